The number of hydrogen-bond acceptors (Lipinski definition) is 2. The molecule has 64 heavy (non-hydrogen) atoms. The van der Waals surface area contributed by atoms with E-state index in [2.05, 4.69) is 240 Å². The Balaban J connectivity index is 0.961. The molecule has 0 aliphatic rings. The maximum absolute atomic E-state index is 5.38. The molecule has 10 aromatic carbocycles. The van der Waals surface area contributed by atoms with Gasteiger partial charge in [0, 0.05) is 38.4 Å². The average Bonchev–Trinajstić information content (AvgIpc) is 3.88. The highest BCUT2D eigenvalue weighted by Gasteiger charge is 2.19. The third-order valence-electron chi connectivity index (χ3n) is 12.9. The van der Waals surface area contributed by atoms with Crippen molar-refractivity contribution in [1.29, 1.82) is 0 Å². The van der Waals surface area contributed by atoms with Gasteiger partial charge in [-0.05, 0) is 111 Å². The van der Waals surface area contributed by atoms with E-state index in [9.17, 15) is 0 Å². The van der Waals surface area contributed by atoms with Gasteiger partial charge in [-0.1, -0.05) is 164 Å². The van der Waals surface area contributed by atoms with Crippen molar-refractivity contribution in [1.82, 2.24) is 19.1 Å². The summed E-state index contributed by atoms with van der Waals surface area (Å²) in [7, 11) is 0. The summed E-state index contributed by atoms with van der Waals surface area (Å²) in [4.78, 5) is 10.8. The molecule has 0 saturated heterocycles. The first-order chi connectivity index (χ1) is 31.7. The Hall–Kier alpha value is -8.60. The van der Waals surface area contributed by atoms with Crippen LogP contribution in [-0.2, 0) is 0 Å². The summed E-state index contributed by atoms with van der Waals surface area (Å²) in [6, 6.07) is 82.9. The first-order valence-electron chi connectivity index (χ1n) is 21.8. The van der Waals surface area contributed by atoms with Gasteiger partial charge in [-0.15, -0.1) is 0 Å². The van der Waals surface area contributed by atoms with Crippen LogP contribution in [0.15, 0.2) is 231 Å². The first kappa shape index (κ1) is 36.1. The molecule has 0 fully saturated rings. The zero-order valence-electron chi connectivity index (χ0n) is 34.7. The molecule has 0 unspecified atom stereocenters. The predicted octanol–water partition coefficient (Wildman–Crippen LogP) is 15.6. The van der Waals surface area contributed by atoms with Crippen molar-refractivity contribution >= 4 is 65.2 Å². The van der Waals surface area contributed by atoms with Gasteiger partial charge in [-0.3, -0.25) is 4.57 Å². The molecule has 0 atom stereocenters. The van der Waals surface area contributed by atoms with Crippen molar-refractivity contribution in [2.24, 2.45) is 0 Å². The third kappa shape index (κ3) is 5.92. The van der Waals surface area contributed by atoms with Crippen LogP contribution in [0.1, 0.15) is 0 Å². The lowest BCUT2D eigenvalue weighted by Gasteiger charge is -2.13. The molecular weight excluding hydrogens is 777 g/mol. The lowest BCUT2D eigenvalue weighted by molar-refractivity contribution is 0.996. The van der Waals surface area contributed by atoms with Crippen LogP contribution in [0, 0.1) is 0 Å². The molecule has 3 heterocycles. The Morgan fingerprint density at radius 1 is 0.250 bits per heavy atom. The Labute approximate surface area is 369 Å². The van der Waals surface area contributed by atoms with Crippen molar-refractivity contribution in [3.8, 4) is 56.4 Å². The summed E-state index contributed by atoms with van der Waals surface area (Å²) < 4.78 is 4.63. The van der Waals surface area contributed by atoms with Crippen molar-refractivity contribution in [3.05, 3.63) is 231 Å². The lowest BCUT2D eigenvalue weighted by atomic mass is 10.0. The maximum Gasteiger partial charge on any atom is 0.235 e. The van der Waals surface area contributed by atoms with Crippen LogP contribution in [0.5, 0.6) is 0 Å². The molecule has 0 radical (unpaired) electrons. The summed E-state index contributed by atoms with van der Waals surface area (Å²) >= 11 is 0. The molecule has 4 heteroatoms. The van der Waals surface area contributed by atoms with E-state index in [0.717, 1.165) is 55.6 Å². The lowest BCUT2D eigenvalue weighted by Crippen LogP contribution is -2.04. The van der Waals surface area contributed by atoms with Gasteiger partial charge >= 0.3 is 0 Å². The van der Waals surface area contributed by atoms with Crippen LogP contribution in [0.4, 0.5) is 0 Å². The van der Waals surface area contributed by atoms with Gasteiger partial charge in [0.25, 0.3) is 0 Å². The summed E-state index contributed by atoms with van der Waals surface area (Å²) in [5, 5.41) is 9.52. The van der Waals surface area contributed by atoms with Crippen LogP contribution < -0.4 is 0 Å². The van der Waals surface area contributed by atoms with Gasteiger partial charge in [-0.2, -0.15) is 0 Å². The second-order valence-corrected chi connectivity index (χ2v) is 16.6. The Bertz CT molecular complexity index is 3850. The molecule has 13 aromatic rings. The minimum absolute atomic E-state index is 0.638. The highest BCUT2D eigenvalue weighted by Crippen LogP contribution is 2.39. The van der Waals surface area contributed by atoms with E-state index in [1.54, 1.807) is 0 Å². The highest BCUT2D eigenvalue weighted by atomic mass is 15.2. The zero-order valence-corrected chi connectivity index (χ0v) is 34.7. The molecule has 0 amide bonds. The van der Waals surface area contributed by atoms with Gasteiger partial charge in [-0.25, -0.2) is 9.97 Å². The van der Waals surface area contributed by atoms with Gasteiger partial charge in [0.15, 0.2) is 0 Å². The SMILES string of the molecule is c1ccc(-c2ccc(-n3c4ccccc4c4cc(-c5ccc6c(c5)c5ccccc5n6-c5nc(-c6ccc7ccccc7c6)cc(-c6ccc7ccccc7c6)n5)ccc43)cc2)cc1. The Morgan fingerprint density at radius 3 is 1.25 bits per heavy atom. The van der Waals surface area contributed by atoms with E-state index < -0.39 is 0 Å². The van der Waals surface area contributed by atoms with Crippen molar-refractivity contribution < 1.29 is 0 Å². The summed E-state index contributed by atoms with van der Waals surface area (Å²) in [5.41, 5.74) is 14.2. The molecule has 0 aliphatic heterocycles. The molecule has 13 rings (SSSR count). The van der Waals surface area contributed by atoms with Crippen LogP contribution in [0.2, 0.25) is 0 Å². The van der Waals surface area contributed by atoms with Crippen molar-refractivity contribution in [3.63, 3.8) is 0 Å². The van der Waals surface area contributed by atoms with Crippen LogP contribution in [0.25, 0.3) is 122 Å². The maximum atomic E-state index is 5.38. The first-order valence-corrected chi connectivity index (χ1v) is 21.8. The van der Waals surface area contributed by atoms with E-state index in [4.69, 9.17) is 9.97 Å². The number of benzene rings is 10. The van der Waals surface area contributed by atoms with Gasteiger partial charge in [0.1, 0.15) is 0 Å². The largest absolute Gasteiger partial charge is 0.309 e. The van der Waals surface area contributed by atoms with Crippen LogP contribution >= 0.6 is 0 Å². The number of para-hydroxylation sites is 2. The number of hydrogen-bond donors (Lipinski definition) is 0. The molecule has 298 valence electrons. The number of rotatable bonds is 6. The molecule has 3 aromatic heterocycles. The average molecular weight is 815 g/mol. The minimum atomic E-state index is 0.638. The van der Waals surface area contributed by atoms with E-state index >= 15 is 0 Å². The zero-order chi connectivity index (χ0) is 42.1. The molecular formula is C60H38N4. The van der Waals surface area contributed by atoms with E-state index in [0.29, 0.717) is 5.95 Å². The fraction of sp³-hybridized carbons (Fsp3) is 0. The Morgan fingerprint density at radius 2 is 0.672 bits per heavy atom. The number of fused-ring (bicyclic) bond motifs is 8. The van der Waals surface area contributed by atoms with Crippen LogP contribution in [0.3, 0.4) is 0 Å². The minimum Gasteiger partial charge on any atom is -0.309 e. The van der Waals surface area contributed by atoms with E-state index in [1.807, 2.05) is 0 Å². The third-order valence-corrected chi connectivity index (χ3v) is 12.9. The van der Waals surface area contributed by atoms with Gasteiger partial charge < -0.3 is 4.57 Å². The Kier molecular flexibility index (Phi) is 8.18. The second kappa shape index (κ2) is 14.5. The molecule has 0 spiro atoms. The smallest absolute Gasteiger partial charge is 0.235 e. The summed E-state index contributed by atoms with van der Waals surface area (Å²) in [5.74, 6) is 0.638. The van der Waals surface area contributed by atoms with Crippen molar-refractivity contribution in [2.75, 3.05) is 0 Å². The molecule has 4 nitrogen and oxygen atoms in total. The quantitative estimate of drug-likeness (QED) is 0.168. The summed E-state index contributed by atoms with van der Waals surface area (Å²) in [6.45, 7) is 0. The highest BCUT2D eigenvalue weighted by molar-refractivity contribution is 6.12. The monoisotopic (exact) mass is 814 g/mol. The summed E-state index contributed by atoms with van der Waals surface area (Å²) in [6.07, 6.45) is 0. The molecule has 0 aliphatic carbocycles. The van der Waals surface area contributed by atoms with Gasteiger partial charge in [0.05, 0.1) is 33.5 Å². The molecule has 0 saturated carbocycles. The van der Waals surface area contributed by atoms with Crippen molar-refractivity contribution in [2.45, 2.75) is 0 Å². The fourth-order valence-corrected chi connectivity index (χ4v) is 9.76. The van der Waals surface area contributed by atoms with E-state index in [-0.39, 0.29) is 0 Å². The standard InChI is InChI=1S/C60H38N4/c1-2-12-39(13-3-1)42-26-30-49(31-27-42)63-56-20-10-8-18-50(56)52-36-45(28-32-58(52)63)46-29-33-59-53(37-46)51-19-9-11-21-57(51)64(59)60-61-54(47-24-22-40-14-4-6-16-43(40)34-47)38-55(62-60)48-25-23-41-15-5-7-17-44(41)35-48/h1-38H. The second-order valence-electron chi connectivity index (χ2n) is 16.6. The number of aromatic nitrogens is 4. The van der Waals surface area contributed by atoms with Gasteiger partial charge in [0.2, 0.25) is 5.95 Å². The predicted molar refractivity (Wildman–Crippen MR) is 267 cm³/mol. The topological polar surface area (TPSA) is 35.6 Å². The fourth-order valence-electron chi connectivity index (χ4n) is 9.76. The normalized spacial score (nSPS) is 11.8. The van der Waals surface area contributed by atoms with Crippen LogP contribution in [-0.4, -0.2) is 19.1 Å². The molecule has 0 bridgehead atoms. The van der Waals surface area contributed by atoms with E-state index in [1.165, 1.54) is 60.0 Å². The molecule has 0 N–H and O–H groups in total. The number of nitrogens with zero attached hydrogens (tertiary/aromatic N) is 4.